The summed E-state index contributed by atoms with van der Waals surface area (Å²) in [7, 11) is 0. The molecule has 0 amide bonds. The molecule has 0 aromatic heterocycles. The van der Waals surface area contributed by atoms with Crippen molar-refractivity contribution in [3.8, 4) is 0 Å². The average molecular weight is 211 g/mol. The largest absolute Gasteiger partial charge is 0.381 e. The van der Waals surface area contributed by atoms with Crippen LogP contribution in [0.15, 0.2) is 0 Å². The molecular weight excluding hydrogens is 186 g/mol. The molecule has 0 spiro atoms. The summed E-state index contributed by atoms with van der Waals surface area (Å²) in [6, 6.07) is 0. The molecule has 2 saturated heterocycles. The van der Waals surface area contributed by atoms with Crippen LogP contribution in [0.2, 0.25) is 0 Å². The fourth-order valence-electron chi connectivity index (χ4n) is 3.01. The van der Waals surface area contributed by atoms with Crippen LogP contribution in [0.1, 0.15) is 51.9 Å². The maximum Gasteiger partial charge on any atom is 0.0495 e. The topological polar surface area (TPSA) is 21.3 Å². The summed E-state index contributed by atoms with van der Waals surface area (Å²) >= 11 is 0. The summed E-state index contributed by atoms with van der Waals surface area (Å²) in [5, 5.41) is 3.77. The maximum atomic E-state index is 5.44. The second-order valence-corrected chi connectivity index (χ2v) is 5.29. The Kier molecular flexibility index (Phi) is 4.04. The Balaban J connectivity index is 1.78. The minimum atomic E-state index is 0.473. The summed E-state index contributed by atoms with van der Waals surface area (Å²) in [6.07, 6.45) is 9.48. The van der Waals surface area contributed by atoms with E-state index in [1.807, 2.05) is 0 Å². The highest BCUT2D eigenvalue weighted by Gasteiger charge is 2.30. The van der Waals surface area contributed by atoms with E-state index >= 15 is 0 Å². The molecule has 2 aliphatic heterocycles. The Morgan fingerprint density at radius 1 is 1.40 bits per heavy atom. The van der Waals surface area contributed by atoms with E-state index in [9.17, 15) is 0 Å². The summed E-state index contributed by atoms with van der Waals surface area (Å²) in [6.45, 7) is 5.58. The van der Waals surface area contributed by atoms with Gasteiger partial charge in [-0.2, -0.15) is 0 Å². The van der Waals surface area contributed by atoms with Gasteiger partial charge in [0.2, 0.25) is 0 Å². The van der Waals surface area contributed by atoms with Gasteiger partial charge in [-0.05, 0) is 51.0 Å². The maximum absolute atomic E-state index is 5.44. The van der Waals surface area contributed by atoms with Crippen molar-refractivity contribution in [3.05, 3.63) is 0 Å². The van der Waals surface area contributed by atoms with Crippen LogP contribution < -0.4 is 5.32 Å². The molecule has 88 valence electrons. The van der Waals surface area contributed by atoms with Crippen LogP contribution in [-0.4, -0.2) is 25.3 Å². The first-order valence-corrected chi connectivity index (χ1v) is 6.67. The first kappa shape index (κ1) is 11.4. The molecule has 2 heterocycles. The lowest BCUT2D eigenvalue weighted by atomic mass is 9.80. The predicted molar refractivity (Wildman–Crippen MR) is 63.0 cm³/mol. The summed E-state index contributed by atoms with van der Waals surface area (Å²) in [5.41, 5.74) is 0.473. The third-order valence-corrected chi connectivity index (χ3v) is 4.31. The first-order valence-electron chi connectivity index (χ1n) is 6.67. The SMILES string of the molecule is CCC1(CCC2CCOC2)CCCCN1. The molecule has 0 radical (unpaired) electrons. The molecule has 2 unspecified atom stereocenters. The van der Waals surface area contributed by atoms with Gasteiger partial charge in [0.1, 0.15) is 0 Å². The molecule has 2 aliphatic rings. The van der Waals surface area contributed by atoms with E-state index in [0.717, 1.165) is 19.1 Å². The van der Waals surface area contributed by atoms with E-state index in [-0.39, 0.29) is 0 Å². The van der Waals surface area contributed by atoms with Crippen LogP contribution in [0.5, 0.6) is 0 Å². The molecule has 2 fully saturated rings. The lowest BCUT2D eigenvalue weighted by Gasteiger charge is -2.38. The lowest BCUT2D eigenvalue weighted by Crippen LogP contribution is -2.48. The van der Waals surface area contributed by atoms with Crippen molar-refractivity contribution in [2.24, 2.45) is 5.92 Å². The van der Waals surface area contributed by atoms with Gasteiger partial charge in [-0.15, -0.1) is 0 Å². The van der Waals surface area contributed by atoms with Crippen molar-refractivity contribution in [1.29, 1.82) is 0 Å². The zero-order chi connectivity index (χ0) is 10.6. The quantitative estimate of drug-likeness (QED) is 0.772. The molecule has 0 aromatic carbocycles. The summed E-state index contributed by atoms with van der Waals surface area (Å²) in [5.74, 6) is 0.845. The Morgan fingerprint density at radius 3 is 2.93 bits per heavy atom. The van der Waals surface area contributed by atoms with Crippen molar-refractivity contribution in [2.45, 2.75) is 57.4 Å². The third kappa shape index (κ3) is 2.94. The van der Waals surface area contributed by atoms with Crippen molar-refractivity contribution in [1.82, 2.24) is 5.32 Å². The number of piperidine rings is 1. The number of ether oxygens (including phenoxy) is 1. The van der Waals surface area contributed by atoms with E-state index in [1.54, 1.807) is 0 Å². The second kappa shape index (κ2) is 5.31. The molecule has 0 bridgehead atoms. The summed E-state index contributed by atoms with van der Waals surface area (Å²) in [4.78, 5) is 0. The number of hydrogen-bond acceptors (Lipinski definition) is 2. The molecule has 1 N–H and O–H groups in total. The Labute approximate surface area is 93.8 Å². The van der Waals surface area contributed by atoms with Gasteiger partial charge >= 0.3 is 0 Å². The average Bonchev–Trinajstić information content (AvgIpc) is 2.81. The zero-order valence-corrected chi connectivity index (χ0v) is 10.1. The van der Waals surface area contributed by atoms with Gasteiger partial charge in [0, 0.05) is 18.8 Å². The molecule has 2 nitrogen and oxygen atoms in total. The van der Waals surface area contributed by atoms with Crippen molar-refractivity contribution < 1.29 is 4.74 Å². The number of hydrogen-bond donors (Lipinski definition) is 1. The monoisotopic (exact) mass is 211 g/mol. The Morgan fingerprint density at radius 2 is 2.33 bits per heavy atom. The van der Waals surface area contributed by atoms with Crippen molar-refractivity contribution in [3.63, 3.8) is 0 Å². The normalized spacial score (nSPS) is 37.0. The van der Waals surface area contributed by atoms with Crippen LogP contribution in [0.25, 0.3) is 0 Å². The lowest BCUT2D eigenvalue weighted by molar-refractivity contribution is 0.173. The van der Waals surface area contributed by atoms with Crippen LogP contribution in [0.3, 0.4) is 0 Å². The number of nitrogens with one attached hydrogen (secondary N) is 1. The van der Waals surface area contributed by atoms with Gasteiger partial charge in [0.15, 0.2) is 0 Å². The highest BCUT2D eigenvalue weighted by atomic mass is 16.5. The fraction of sp³-hybridized carbons (Fsp3) is 1.00. The van der Waals surface area contributed by atoms with E-state index in [2.05, 4.69) is 12.2 Å². The van der Waals surface area contributed by atoms with Crippen molar-refractivity contribution >= 4 is 0 Å². The molecule has 15 heavy (non-hydrogen) atoms. The Bertz CT molecular complexity index is 181. The van der Waals surface area contributed by atoms with Gasteiger partial charge in [-0.25, -0.2) is 0 Å². The second-order valence-electron chi connectivity index (χ2n) is 5.29. The predicted octanol–water partition coefficient (Wildman–Crippen LogP) is 2.73. The zero-order valence-electron chi connectivity index (χ0n) is 10.1. The van der Waals surface area contributed by atoms with Crippen LogP contribution >= 0.6 is 0 Å². The summed E-state index contributed by atoms with van der Waals surface area (Å²) < 4.78 is 5.44. The minimum absolute atomic E-state index is 0.473. The molecule has 0 aromatic rings. The molecule has 0 aliphatic carbocycles. The van der Waals surface area contributed by atoms with Gasteiger partial charge in [-0.3, -0.25) is 0 Å². The molecule has 0 saturated carbocycles. The van der Waals surface area contributed by atoms with Gasteiger partial charge in [0.05, 0.1) is 0 Å². The van der Waals surface area contributed by atoms with E-state index in [4.69, 9.17) is 4.74 Å². The van der Waals surface area contributed by atoms with Crippen LogP contribution in [0.4, 0.5) is 0 Å². The molecule has 2 rings (SSSR count). The van der Waals surface area contributed by atoms with E-state index in [0.29, 0.717) is 5.54 Å². The molecular formula is C13H25NO. The smallest absolute Gasteiger partial charge is 0.0495 e. The highest BCUT2D eigenvalue weighted by Crippen LogP contribution is 2.30. The van der Waals surface area contributed by atoms with Gasteiger partial charge in [-0.1, -0.05) is 13.3 Å². The Hall–Kier alpha value is -0.0800. The van der Waals surface area contributed by atoms with E-state index in [1.165, 1.54) is 51.5 Å². The first-order chi connectivity index (χ1) is 7.35. The minimum Gasteiger partial charge on any atom is -0.381 e. The van der Waals surface area contributed by atoms with Crippen LogP contribution in [-0.2, 0) is 4.74 Å². The third-order valence-electron chi connectivity index (χ3n) is 4.31. The van der Waals surface area contributed by atoms with Gasteiger partial charge < -0.3 is 10.1 Å². The van der Waals surface area contributed by atoms with E-state index < -0.39 is 0 Å². The van der Waals surface area contributed by atoms with Gasteiger partial charge in [0.25, 0.3) is 0 Å². The van der Waals surface area contributed by atoms with Crippen molar-refractivity contribution in [2.75, 3.05) is 19.8 Å². The molecule has 2 atom stereocenters. The standard InChI is InChI=1S/C13H25NO/c1-2-13(7-3-4-9-14-13)8-5-12-6-10-15-11-12/h12,14H,2-11H2,1H3. The molecule has 2 heteroatoms. The van der Waals surface area contributed by atoms with Crippen LogP contribution in [0, 0.1) is 5.92 Å². The fourth-order valence-corrected chi connectivity index (χ4v) is 3.01. The number of rotatable bonds is 4. The highest BCUT2D eigenvalue weighted by molar-refractivity contribution is 4.90.